The van der Waals surface area contributed by atoms with E-state index in [-0.39, 0.29) is 0 Å². The molecule has 0 radical (unpaired) electrons. The molecule has 2 heterocycles. The van der Waals surface area contributed by atoms with Crippen LogP contribution in [0.4, 0.5) is 0 Å². The van der Waals surface area contributed by atoms with Crippen LogP contribution < -0.4 is 4.57 Å². The molecule has 0 bridgehead atoms. The van der Waals surface area contributed by atoms with Crippen molar-refractivity contribution in [3.63, 3.8) is 0 Å². The normalized spacial score (nSPS) is 11.6. The first-order valence-electron chi connectivity index (χ1n) is 6.62. The van der Waals surface area contributed by atoms with Gasteiger partial charge in [0, 0.05) is 7.05 Å². The zero-order chi connectivity index (χ0) is 13.4. The number of nitrogens with zero attached hydrogens (tertiary/aromatic N) is 4. The smallest absolute Gasteiger partial charge is 0.244 e. The van der Waals surface area contributed by atoms with Crippen LogP contribution in [0.25, 0.3) is 11.0 Å². The minimum absolute atomic E-state index is 0.488. The molecule has 4 nitrogen and oxygen atoms in total. The quantitative estimate of drug-likeness (QED) is 0.660. The summed E-state index contributed by atoms with van der Waals surface area (Å²) in [5.41, 5.74) is 2.24. The first-order valence-corrected chi connectivity index (χ1v) is 6.62. The molecular formula is C15H19N4+. The summed E-state index contributed by atoms with van der Waals surface area (Å²) in [5.74, 6) is 1.08. The largest absolute Gasteiger partial charge is 0.328 e. The highest BCUT2D eigenvalue weighted by Gasteiger charge is 2.12. The summed E-state index contributed by atoms with van der Waals surface area (Å²) in [6.07, 6.45) is 6.33. The number of benzene rings is 1. The molecule has 2 aromatic heterocycles. The Labute approximate surface area is 112 Å². The Morgan fingerprint density at radius 1 is 1.26 bits per heavy atom. The minimum Gasteiger partial charge on any atom is -0.328 e. The monoisotopic (exact) mass is 255 g/mol. The fraction of sp³-hybridized carbons (Fsp3) is 0.333. The van der Waals surface area contributed by atoms with E-state index in [4.69, 9.17) is 4.98 Å². The molecule has 0 spiro atoms. The van der Waals surface area contributed by atoms with Crippen molar-refractivity contribution in [3.8, 4) is 0 Å². The van der Waals surface area contributed by atoms with Gasteiger partial charge in [0.15, 0.2) is 5.82 Å². The van der Waals surface area contributed by atoms with Crippen molar-refractivity contribution in [2.24, 2.45) is 7.05 Å². The number of hydrogen-bond donors (Lipinski definition) is 0. The van der Waals surface area contributed by atoms with E-state index >= 15 is 0 Å². The molecule has 1 aromatic carbocycles. The fourth-order valence-corrected chi connectivity index (χ4v) is 2.31. The number of para-hydroxylation sites is 2. The van der Waals surface area contributed by atoms with Crippen LogP contribution in [-0.2, 0) is 13.6 Å². The lowest BCUT2D eigenvalue weighted by atomic mass is 10.3. The van der Waals surface area contributed by atoms with Gasteiger partial charge >= 0.3 is 0 Å². The molecule has 0 atom stereocenters. The Hall–Kier alpha value is -2.10. The highest BCUT2D eigenvalue weighted by atomic mass is 15.2. The predicted molar refractivity (Wildman–Crippen MR) is 74.8 cm³/mol. The van der Waals surface area contributed by atoms with Crippen molar-refractivity contribution in [2.45, 2.75) is 26.4 Å². The molecule has 0 fully saturated rings. The van der Waals surface area contributed by atoms with Gasteiger partial charge < -0.3 is 4.57 Å². The van der Waals surface area contributed by atoms with Crippen LogP contribution in [0.15, 0.2) is 43.0 Å². The lowest BCUT2D eigenvalue weighted by molar-refractivity contribution is -0.689. The standard InChI is InChI=1S/C15H19N4/c1-12(2)19-9-8-18(11-19)10-15-16-13-6-4-5-7-14(13)17(15)3/h4-9,11-12H,10H2,1-3H3/q+1. The van der Waals surface area contributed by atoms with E-state index in [0.717, 1.165) is 17.9 Å². The van der Waals surface area contributed by atoms with E-state index in [1.165, 1.54) is 5.52 Å². The van der Waals surface area contributed by atoms with E-state index < -0.39 is 0 Å². The van der Waals surface area contributed by atoms with Gasteiger partial charge in [-0.15, -0.1) is 0 Å². The first kappa shape index (κ1) is 12.0. The van der Waals surface area contributed by atoms with E-state index in [2.05, 4.69) is 71.5 Å². The van der Waals surface area contributed by atoms with Crippen LogP contribution in [-0.4, -0.2) is 14.1 Å². The maximum Gasteiger partial charge on any atom is 0.244 e. The fourth-order valence-electron chi connectivity index (χ4n) is 2.31. The molecule has 3 rings (SSSR count). The summed E-state index contributed by atoms with van der Waals surface area (Å²) in [7, 11) is 2.07. The van der Waals surface area contributed by atoms with Crippen molar-refractivity contribution in [1.82, 2.24) is 14.1 Å². The number of rotatable bonds is 3. The minimum atomic E-state index is 0.488. The summed E-state index contributed by atoms with van der Waals surface area (Å²) in [6.45, 7) is 5.16. The maximum absolute atomic E-state index is 4.69. The molecule has 0 aliphatic carbocycles. The second kappa shape index (κ2) is 4.53. The van der Waals surface area contributed by atoms with Crippen LogP contribution in [0.1, 0.15) is 25.7 Å². The van der Waals surface area contributed by atoms with Crippen LogP contribution in [0.2, 0.25) is 0 Å². The van der Waals surface area contributed by atoms with Gasteiger partial charge in [-0.2, -0.15) is 0 Å². The molecule has 0 amide bonds. The van der Waals surface area contributed by atoms with Crippen LogP contribution in [0, 0.1) is 0 Å². The van der Waals surface area contributed by atoms with Crippen molar-refractivity contribution in [2.75, 3.05) is 0 Å². The lowest BCUT2D eigenvalue weighted by Crippen LogP contribution is -2.33. The zero-order valence-corrected chi connectivity index (χ0v) is 11.6. The Morgan fingerprint density at radius 3 is 2.74 bits per heavy atom. The Bertz CT molecular complexity index is 706. The Morgan fingerprint density at radius 2 is 2.05 bits per heavy atom. The van der Waals surface area contributed by atoms with Gasteiger partial charge in [0.25, 0.3) is 0 Å². The third-order valence-corrected chi connectivity index (χ3v) is 3.51. The van der Waals surface area contributed by atoms with Gasteiger partial charge in [-0.25, -0.2) is 14.1 Å². The second-order valence-electron chi connectivity index (χ2n) is 5.20. The van der Waals surface area contributed by atoms with E-state index in [9.17, 15) is 0 Å². The van der Waals surface area contributed by atoms with Gasteiger partial charge in [-0.3, -0.25) is 0 Å². The van der Waals surface area contributed by atoms with E-state index in [0.29, 0.717) is 6.04 Å². The first-order chi connectivity index (χ1) is 9.15. The van der Waals surface area contributed by atoms with Crippen molar-refractivity contribution >= 4 is 11.0 Å². The molecule has 0 unspecified atom stereocenters. The summed E-state index contributed by atoms with van der Waals surface area (Å²) in [5, 5.41) is 0. The van der Waals surface area contributed by atoms with Gasteiger partial charge in [-0.1, -0.05) is 12.1 Å². The van der Waals surface area contributed by atoms with Crippen molar-refractivity contribution in [3.05, 3.63) is 48.8 Å². The third kappa shape index (κ3) is 2.14. The summed E-state index contributed by atoms with van der Waals surface area (Å²) in [6, 6.07) is 8.73. The van der Waals surface area contributed by atoms with E-state index in [1.54, 1.807) is 0 Å². The average Bonchev–Trinajstić information content (AvgIpc) is 2.97. The molecule has 3 aromatic rings. The number of aryl methyl sites for hydroxylation is 1. The SMILES string of the molecule is CC(C)n1cc[n+](Cc2nc3ccccc3n2C)c1. The molecule has 0 aliphatic rings. The Kier molecular flexibility index (Phi) is 2.85. The second-order valence-corrected chi connectivity index (χ2v) is 5.20. The molecule has 0 aliphatic heterocycles. The molecule has 98 valence electrons. The number of fused-ring (bicyclic) bond motifs is 1. The van der Waals surface area contributed by atoms with Gasteiger partial charge in [0.2, 0.25) is 6.33 Å². The predicted octanol–water partition coefficient (Wildman–Crippen LogP) is 2.29. The van der Waals surface area contributed by atoms with Gasteiger partial charge in [-0.05, 0) is 26.0 Å². The zero-order valence-electron chi connectivity index (χ0n) is 11.6. The average molecular weight is 255 g/mol. The van der Waals surface area contributed by atoms with Gasteiger partial charge in [0.05, 0.1) is 17.1 Å². The van der Waals surface area contributed by atoms with E-state index in [1.807, 2.05) is 6.07 Å². The van der Waals surface area contributed by atoms with Crippen LogP contribution in [0.5, 0.6) is 0 Å². The molecule has 0 saturated carbocycles. The highest BCUT2D eigenvalue weighted by Crippen LogP contribution is 2.13. The van der Waals surface area contributed by atoms with Crippen molar-refractivity contribution in [1.29, 1.82) is 0 Å². The number of imidazole rings is 2. The third-order valence-electron chi connectivity index (χ3n) is 3.51. The summed E-state index contributed by atoms with van der Waals surface area (Å²) < 4.78 is 6.53. The number of hydrogen-bond acceptors (Lipinski definition) is 1. The molecule has 19 heavy (non-hydrogen) atoms. The lowest BCUT2D eigenvalue weighted by Gasteiger charge is -2.00. The molecular weight excluding hydrogens is 236 g/mol. The number of aromatic nitrogens is 4. The van der Waals surface area contributed by atoms with Crippen LogP contribution in [0.3, 0.4) is 0 Å². The Balaban J connectivity index is 1.94. The molecule has 4 heteroatoms. The van der Waals surface area contributed by atoms with Crippen LogP contribution >= 0.6 is 0 Å². The summed E-state index contributed by atoms with van der Waals surface area (Å²) >= 11 is 0. The molecule has 0 N–H and O–H groups in total. The molecule has 0 saturated heterocycles. The van der Waals surface area contributed by atoms with Crippen molar-refractivity contribution < 1.29 is 4.57 Å². The van der Waals surface area contributed by atoms with Gasteiger partial charge in [0.1, 0.15) is 18.9 Å². The topological polar surface area (TPSA) is 26.6 Å². The summed E-state index contributed by atoms with van der Waals surface area (Å²) in [4.78, 5) is 4.69. The maximum atomic E-state index is 4.69. The highest BCUT2D eigenvalue weighted by molar-refractivity contribution is 5.75.